The number of fused-ring (bicyclic) bond motifs is 1. The summed E-state index contributed by atoms with van der Waals surface area (Å²) in [6.45, 7) is 1.95. The zero-order valence-electron chi connectivity index (χ0n) is 12.6. The molecule has 1 saturated heterocycles. The monoisotopic (exact) mass is 310 g/mol. The number of nitrogens with one attached hydrogen (secondary N) is 1. The molecule has 7 nitrogen and oxygen atoms in total. The summed E-state index contributed by atoms with van der Waals surface area (Å²) in [5.41, 5.74) is 8.09. The molecule has 118 valence electrons. The van der Waals surface area contributed by atoms with Crippen molar-refractivity contribution in [2.75, 3.05) is 18.8 Å². The van der Waals surface area contributed by atoms with E-state index in [2.05, 4.69) is 20.4 Å². The molecular weight excluding hydrogens is 292 g/mol. The Bertz CT molecular complexity index is 807. The maximum absolute atomic E-state index is 6.07. The third-order valence-electron chi connectivity index (χ3n) is 4.03. The fraction of sp³-hybridized carbons (Fsp3) is 0.312. The summed E-state index contributed by atoms with van der Waals surface area (Å²) >= 11 is 0. The number of anilines is 1. The van der Waals surface area contributed by atoms with Gasteiger partial charge in [0.15, 0.2) is 5.65 Å². The number of rotatable bonds is 3. The van der Waals surface area contributed by atoms with Crippen LogP contribution in [0.4, 0.5) is 5.69 Å². The molecule has 2 aromatic heterocycles. The van der Waals surface area contributed by atoms with Gasteiger partial charge in [-0.25, -0.2) is 14.6 Å². The fourth-order valence-corrected chi connectivity index (χ4v) is 2.79. The zero-order chi connectivity index (χ0) is 15.6. The summed E-state index contributed by atoms with van der Waals surface area (Å²) in [5.74, 6) is 0.601. The Morgan fingerprint density at radius 3 is 2.70 bits per heavy atom. The van der Waals surface area contributed by atoms with Crippen LogP contribution in [0.3, 0.4) is 0 Å². The first-order chi connectivity index (χ1) is 11.3. The van der Waals surface area contributed by atoms with Crippen LogP contribution < -0.4 is 15.8 Å². The normalized spacial score (nSPS) is 15.8. The summed E-state index contributed by atoms with van der Waals surface area (Å²) < 4.78 is 7.84. The van der Waals surface area contributed by atoms with Crippen LogP contribution in [0.25, 0.3) is 16.7 Å². The Labute approximate surface area is 133 Å². The van der Waals surface area contributed by atoms with Crippen LogP contribution in [0.2, 0.25) is 0 Å². The van der Waals surface area contributed by atoms with E-state index >= 15 is 0 Å². The molecule has 0 aliphatic carbocycles. The number of aromatic nitrogens is 4. The van der Waals surface area contributed by atoms with Gasteiger partial charge in [0, 0.05) is 5.69 Å². The molecule has 1 fully saturated rings. The number of nitrogens with zero attached hydrogens (tertiary/aromatic N) is 4. The van der Waals surface area contributed by atoms with E-state index in [0.29, 0.717) is 5.88 Å². The Hall–Kier alpha value is -2.67. The van der Waals surface area contributed by atoms with E-state index in [1.54, 1.807) is 10.9 Å². The van der Waals surface area contributed by atoms with E-state index in [0.717, 1.165) is 48.3 Å². The molecule has 7 heteroatoms. The minimum atomic E-state index is 0.189. The standard InChI is InChI=1S/C16H18N6O/c17-11-1-3-12(4-2-11)22-15-14(9-21-22)16(20-10-19-15)23-13-5-7-18-8-6-13/h1-4,9-10,13,18H,5-8,17H2. The third kappa shape index (κ3) is 2.70. The Kier molecular flexibility index (Phi) is 3.55. The lowest BCUT2D eigenvalue weighted by molar-refractivity contribution is 0.158. The Morgan fingerprint density at radius 2 is 1.91 bits per heavy atom. The van der Waals surface area contributed by atoms with Gasteiger partial charge in [0.05, 0.1) is 11.9 Å². The minimum absolute atomic E-state index is 0.189. The summed E-state index contributed by atoms with van der Waals surface area (Å²) in [6, 6.07) is 7.52. The van der Waals surface area contributed by atoms with Gasteiger partial charge in [-0.15, -0.1) is 0 Å². The van der Waals surface area contributed by atoms with Crippen LogP contribution in [-0.4, -0.2) is 38.9 Å². The van der Waals surface area contributed by atoms with Gasteiger partial charge >= 0.3 is 0 Å². The van der Waals surface area contributed by atoms with E-state index in [4.69, 9.17) is 10.5 Å². The van der Waals surface area contributed by atoms with Crippen molar-refractivity contribution in [2.24, 2.45) is 0 Å². The topological polar surface area (TPSA) is 90.9 Å². The van der Waals surface area contributed by atoms with Gasteiger partial charge in [-0.2, -0.15) is 5.10 Å². The molecular formula is C16H18N6O. The SMILES string of the molecule is Nc1ccc(-n2ncc3c(OC4CCNCC4)ncnc32)cc1. The molecule has 3 heterocycles. The molecule has 4 rings (SSSR count). The predicted octanol–water partition coefficient (Wildman–Crippen LogP) is 1.53. The highest BCUT2D eigenvalue weighted by Crippen LogP contribution is 2.25. The van der Waals surface area contributed by atoms with Crippen molar-refractivity contribution in [3.05, 3.63) is 36.8 Å². The predicted molar refractivity (Wildman–Crippen MR) is 87.6 cm³/mol. The maximum atomic E-state index is 6.07. The van der Waals surface area contributed by atoms with Crippen molar-refractivity contribution in [1.82, 2.24) is 25.1 Å². The number of nitrogens with two attached hydrogens (primary N) is 1. The van der Waals surface area contributed by atoms with Gasteiger partial charge in [0.25, 0.3) is 0 Å². The van der Waals surface area contributed by atoms with Crippen LogP contribution >= 0.6 is 0 Å². The largest absolute Gasteiger partial charge is 0.474 e. The van der Waals surface area contributed by atoms with Crippen molar-refractivity contribution < 1.29 is 4.74 Å². The number of nitrogen functional groups attached to an aromatic ring is 1. The van der Waals surface area contributed by atoms with Crippen LogP contribution in [0.15, 0.2) is 36.8 Å². The average molecular weight is 310 g/mol. The van der Waals surface area contributed by atoms with E-state index in [9.17, 15) is 0 Å². The van der Waals surface area contributed by atoms with Crippen molar-refractivity contribution in [3.8, 4) is 11.6 Å². The molecule has 0 amide bonds. The molecule has 0 saturated carbocycles. The van der Waals surface area contributed by atoms with Gasteiger partial charge in [0.2, 0.25) is 5.88 Å². The first kappa shape index (κ1) is 14.0. The molecule has 1 aliphatic heterocycles. The number of piperidine rings is 1. The fourth-order valence-electron chi connectivity index (χ4n) is 2.79. The second-order valence-corrected chi connectivity index (χ2v) is 5.63. The molecule has 0 spiro atoms. The van der Waals surface area contributed by atoms with Gasteiger partial charge in [-0.1, -0.05) is 0 Å². The lowest BCUT2D eigenvalue weighted by atomic mass is 10.1. The quantitative estimate of drug-likeness (QED) is 0.713. The van der Waals surface area contributed by atoms with E-state index in [1.165, 1.54) is 6.33 Å². The molecule has 0 unspecified atom stereocenters. The van der Waals surface area contributed by atoms with Crippen LogP contribution in [0.1, 0.15) is 12.8 Å². The number of hydrogen-bond donors (Lipinski definition) is 2. The van der Waals surface area contributed by atoms with Crippen LogP contribution in [-0.2, 0) is 0 Å². The van der Waals surface area contributed by atoms with Gasteiger partial charge in [-0.05, 0) is 50.2 Å². The summed E-state index contributed by atoms with van der Waals surface area (Å²) in [5, 5.41) is 8.58. The third-order valence-corrected chi connectivity index (χ3v) is 4.03. The minimum Gasteiger partial charge on any atom is -0.474 e. The summed E-state index contributed by atoms with van der Waals surface area (Å²) in [4.78, 5) is 8.65. The van der Waals surface area contributed by atoms with Gasteiger partial charge in [0.1, 0.15) is 17.8 Å². The smallest absolute Gasteiger partial charge is 0.228 e. The van der Waals surface area contributed by atoms with E-state index in [-0.39, 0.29) is 6.10 Å². The number of ether oxygens (including phenoxy) is 1. The molecule has 1 aromatic carbocycles. The van der Waals surface area contributed by atoms with Crippen molar-refractivity contribution >= 4 is 16.7 Å². The van der Waals surface area contributed by atoms with E-state index < -0.39 is 0 Å². The maximum Gasteiger partial charge on any atom is 0.228 e. The summed E-state index contributed by atoms with van der Waals surface area (Å²) in [6.07, 6.45) is 5.43. The molecule has 3 N–H and O–H groups in total. The van der Waals surface area contributed by atoms with Gasteiger partial charge in [-0.3, -0.25) is 0 Å². The van der Waals surface area contributed by atoms with Gasteiger partial charge < -0.3 is 15.8 Å². The highest BCUT2D eigenvalue weighted by molar-refractivity contribution is 5.81. The molecule has 0 atom stereocenters. The molecule has 3 aromatic rings. The molecule has 1 aliphatic rings. The number of benzene rings is 1. The van der Waals surface area contributed by atoms with Crippen molar-refractivity contribution in [1.29, 1.82) is 0 Å². The highest BCUT2D eigenvalue weighted by atomic mass is 16.5. The Balaban J connectivity index is 1.69. The van der Waals surface area contributed by atoms with Crippen molar-refractivity contribution in [2.45, 2.75) is 18.9 Å². The van der Waals surface area contributed by atoms with Crippen molar-refractivity contribution in [3.63, 3.8) is 0 Å². The first-order valence-electron chi connectivity index (χ1n) is 7.73. The number of hydrogen-bond acceptors (Lipinski definition) is 6. The molecule has 0 bridgehead atoms. The first-order valence-corrected chi connectivity index (χ1v) is 7.73. The van der Waals surface area contributed by atoms with Crippen LogP contribution in [0, 0.1) is 0 Å². The second-order valence-electron chi connectivity index (χ2n) is 5.63. The van der Waals surface area contributed by atoms with E-state index in [1.807, 2.05) is 24.3 Å². The lowest BCUT2D eigenvalue weighted by Crippen LogP contribution is -2.34. The second kappa shape index (κ2) is 5.85. The van der Waals surface area contributed by atoms with Crippen LogP contribution in [0.5, 0.6) is 5.88 Å². The average Bonchev–Trinajstić information content (AvgIpc) is 3.02. The molecule has 0 radical (unpaired) electrons. The highest BCUT2D eigenvalue weighted by Gasteiger charge is 2.18. The zero-order valence-corrected chi connectivity index (χ0v) is 12.6. The Morgan fingerprint density at radius 1 is 1.13 bits per heavy atom. The summed E-state index contributed by atoms with van der Waals surface area (Å²) in [7, 11) is 0. The molecule has 23 heavy (non-hydrogen) atoms. The lowest BCUT2D eigenvalue weighted by Gasteiger charge is -2.23.